The number of benzene rings is 2. The second-order valence-corrected chi connectivity index (χ2v) is 6.32. The van der Waals surface area contributed by atoms with Gasteiger partial charge in [-0.05, 0) is 20.3 Å². The Hall–Kier alpha value is -3.14. The second-order valence-electron chi connectivity index (χ2n) is 6.32. The number of allylic oxidation sites excluding steroid dienone is 4. The van der Waals surface area contributed by atoms with E-state index < -0.39 is 0 Å². The summed E-state index contributed by atoms with van der Waals surface area (Å²) in [5, 5.41) is 6.48. The van der Waals surface area contributed by atoms with Crippen LogP contribution in [0.1, 0.15) is 41.0 Å². The summed E-state index contributed by atoms with van der Waals surface area (Å²) in [5.74, 6) is -0.00569. The Bertz CT molecular complexity index is 739. The third-order valence-electron chi connectivity index (χ3n) is 3.97. The van der Waals surface area contributed by atoms with Gasteiger partial charge in [0, 0.05) is 47.8 Å². The van der Waals surface area contributed by atoms with Crippen LogP contribution in [0.4, 0.5) is 0 Å². The van der Waals surface area contributed by atoms with E-state index in [4.69, 9.17) is 0 Å². The first-order chi connectivity index (χ1) is 13.1. The minimum atomic E-state index is -0.00285. The van der Waals surface area contributed by atoms with Crippen LogP contribution in [0.15, 0.2) is 84.2 Å². The van der Waals surface area contributed by atoms with Gasteiger partial charge in [-0.3, -0.25) is 9.59 Å². The molecule has 2 rings (SSSR count). The van der Waals surface area contributed by atoms with Crippen molar-refractivity contribution in [2.24, 2.45) is 0 Å². The fraction of sp³-hybridized carbons (Fsp3) is 0.217. The molecule has 0 unspecified atom stereocenters. The third-order valence-corrected chi connectivity index (χ3v) is 3.97. The standard InChI is InChI=1S/C23H26N2O2/c1-18(16-22(26)20-10-5-3-6-11-20)24-14-9-15-25-19(2)17-23(27)21-12-7-4-8-13-21/h3-8,10-13,16-17,24-25H,9,14-15H2,1-2H3. The van der Waals surface area contributed by atoms with E-state index >= 15 is 0 Å². The van der Waals surface area contributed by atoms with Crippen molar-refractivity contribution in [1.82, 2.24) is 10.6 Å². The first kappa shape index (κ1) is 20.2. The van der Waals surface area contributed by atoms with E-state index in [1.54, 1.807) is 12.2 Å². The summed E-state index contributed by atoms with van der Waals surface area (Å²) in [6.07, 6.45) is 4.11. The van der Waals surface area contributed by atoms with E-state index in [2.05, 4.69) is 10.6 Å². The highest BCUT2D eigenvalue weighted by Crippen LogP contribution is 2.03. The zero-order valence-electron chi connectivity index (χ0n) is 15.9. The summed E-state index contributed by atoms with van der Waals surface area (Å²) < 4.78 is 0. The molecular formula is C23H26N2O2. The predicted octanol–water partition coefficient (Wildman–Crippen LogP) is 4.13. The Morgan fingerprint density at radius 3 is 1.44 bits per heavy atom. The van der Waals surface area contributed by atoms with E-state index in [-0.39, 0.29) is 11.6 Å². The van der Waals surface area contributed by atoms with Crippen LogP contribution in [0.25, 0.3) is 0 Å². The second kappa shape index (κ2) is 10.8. The normalized spacial score (nSPS) is 11.8. The average Bonchev–Trinajstić information content (AvgIpc) is 2.69. The minimum Gasteiger partial charge on any atom is -0.388 e. The first-order valence-electron chi connectivity index (χ1n) is 9.09. The van der Waals surface area contributed by atoms with Crippen molar-refractivity contribution in [3.8, 4) is 0 Å². The Balaban J connectivity index is 1.69. The lowest BCUT2D eigenvalue weighted by Crippen LogP contribution is -2.20. The Morgan fingerprint density at radius 1 is 0.704 bits per heavy atom. The topological polar surface area (TPSA) is 58.2 Å². The molecule has 2 aromatic carbocycles. The molecule has 0 atom stereocenters. The van der Waals surface area contributed by atoms with Crippen LogP contribution in [0.2, 0.25) is 0 Å². The number of hydrogen-bond acceptors (Lipinski definition) is 4. The van der Waals surface area contributed by atoms with Gasteiger partial charge in [-0.25, -0.2) is 0 Å². The Morgan fingerprint density at radius 2 is 1.07 bits per heavy atom. The van der Waals surface area contributed by atoms with Crippen LogP contribution >= 0.6 is 0 Å². The lowest BCUT2D eigenvalue weighted by molar-refractivity contribution is 0.103. The molecule has 0 saturated carbocycles. The van der Waals surface area contributed by atoms with Gasteiger partial charge in [-0.15, -0.1) is 0 Å². The summed E-state index contributed by atoms with van der Waals surface area (Å²) >= 11 is 0. The number of carbonyl (C=O) groups excluding carboxylic acids is 2. The van der Waals surface area contributed by atoms with E-state index in [1.165, 1.54) is 0 Å². The lowest BCUT2D eigenvalue weighted by Gasteiger charge is -2.09. The largest absolute Gasteiger partial charge is 0.388 e. The summed E-state index contributed by atoms with van der Waals surface area (Å²) in [4.78, 5) is 24.2. The molecule has 0 saturated heterocycles. The molecule has 0 bridgehead atoms. The van der Waals surface area contributed by atoms with Crippen LogP contribution in [-0.4, -0.2) is 24.7 Å². The predicted molar refractivity (Wildman–Crippen MR) is 110 cm³/mol. The van der Waals surface area contributed by atoms with Gasteiger partial charge in [-0.2, -0.15) is 0 Å². The Kier molecular flexibility index (Phi) is 8.04. The molecule has 0 spiro atoms. The lowest BCUT2D eigenvalue weighted by atomic mass is 10.1. The maximum absolute atomic E-state index is 12.1. The fourth-order valence-electron chi connectivity index (χ4n) is 2.53. The van der Waals surface area contributed by atoms with Gasteiger partial charge in [0.1, 0.15) is 0 Å². The number of ketones is 2. The Labute approximate surface area is 161 Å². The molecule has 27 heavy (non-hydrogen) atoms. The van der Waals surface area contributed by atoms with Crippen molar-refractivity contribution in [3.05, 3.63) is 95.3 Å². The van der Waals surface area contributed by atoms with E-state index in [0.29, 0.717) is 11.1 Å². The van der Waals surface area contributed by atoms with Gasteiger partial charge >= 0.3 is 0 Å². The van der Waals surface area contributed by atoms with Gasteiger partial charge in [-0.1, -0.05) is 60.7 Å². The molecule has 0 radical (unpaired) electrons. The molecule has 2 aromatic rings. The van der Waals surface area contributed by atoms with Crippen molar-refractivity contribution in [3.63, 3.8) is 0 Å². The average molecular weight is 362 g/mol. The van der Waals surface area contributed by atoms with Crippen molar-refractivity contribution >= 4 is 11.6 Å². The molecule has 0 aliphatic carbocycles. The highest BCUT2D eigenvalue weighted by molar-refractivity contribution is 6.05. The van der Waals surface area contributed by atoms with E-state index in [9.17, 15) is 9.59 Å². The number of rotatable bonds is 10. The van der Waals surface area contributed by atoms with E-state index in [0.717, 1.165) is 30.9 Å². The van der Waals surface area contributed by atoms with Gasteiger partial charge in [0.2, 0.25) is 0 Å². The highest BCUT2D eigenvalue weighted by Gasteiger charge is 2.03. The molecule has 0 aromatic heterocycles. The number of hydrogen-bond donors (Lipinski definition) is 2. The molecule has 4 nitrogen and oxygen atoms in total. The third kappa shape index (κ3) is 7.32. The SMILES string of the molecule is CC(=CC(=O)c1ccccc1)NCCCNC(C)=CC(=O)c1ccccc1. The summed E-state index contributed by atoms with van der Waals surface area (Å²) in [5.41, 5.74) is 3.05. The quantitative estimate of drug-likeness (QED) is 0.379. The van der Waals surface area contributed by atoms with Crippen LogP contribution in [-0.2, 0) is 0 Å². The van der Waals surface area contributed by atoms with Crippen LogP contribution in [0.3, 0.4) is 0 Å². The molecular weight excluding hydrogens is 336 g/mol. The molecule has 0 aliphatic heterocycles. The number of carbonyl (C=O) groups is 2. The molecule has 0 amide bonds. The minimum absolute atomic E-state index is 0.00285. The molecule has 0 aliphatic rings. The molecule has 140 valence electrons. The van der Waals surface area contributed by atoms with Gasteiger partial charge in [0.15, 0.2) is 11.6 Å². The fourth-order valence-corrected chi connectivity index (χ4v) is 2.53. The molecule has 4 heteroatoms. The molecule has 2 N–H and O–H groups in total. The highest BCUT2D eigenvalue weighted by atomic mass is 16.1. The van der Waals surface area contributed by atoms with Crippen molar-refractivity contribution < 1.29 is 9.59 Å². The van der Waals surface area contributed by atoms with Gasteiger partial charge < -0.3 is 10.6 Å². The first-order valence-corrected chi connectivity index (χ1v) is 9.09. The maximum Gasteiger partial charge on any atom is 0.187 e. The van der Waals surface area contributed by atoms with Gasteiger partial charge in [0.25, 0.3) is 0 Å². The smallest absolute Gasteiger partial charge is 0.187 e. The van der Waals surface area contributed by atoms with Crippen LogP contribution in [0, 0.1) is 0 Å². The molecule has 0 heterocycles. The van der Waals surface area contributed by atoms with Crippen molar-refractivity contribution in [2.45, 2.75) is 20.3 Å². The van der Waals surface area contributed by atoms with E-state index in [1.807, 2.05) is 74.5 Å². The van der Waals surface area contributed by atoms with Crippen molar-refractivity contribution in [2.75, 3.05) is 13.1 Å². The summed E-state index contributed by atoms with van der Waals surface area (Å²) in [6, 6.07) is 18.4. The zero-order valence-corrected chi connectivity index (χ0v) is 15.9. The molecule has 0 fully saturated rings. The monoisotopic (exact) mass is 362 g/mol. The van der Waals surface area contributed by atoms with Gasteiger partial charge in [0.05, 0.1) is 0 Å². The number of nitrogens with one attached hydrogen (secondary N) is 2. The summed E-state index contributed by atoms with van der Waals surface area (Å²) in [6.45, 7) is 5.27. The zero-order chi connectivity index (χ0) is 19.5. The van der Waals surface area contributed by atoms with Crippen molar-refractivity contribution in [1.29, 1.82) is 0 Å². The maximum atomic E-state index is 12.1. The van der Waals surface area contributed by atoms with Crippen LogP contribution in [0.5, 0.6) is 0 Å². The van der Waals surface area contributed by atoms with Crippen LogP contribution < -0.4 is 10.6 Å². The summed E-state index contributed by atoms with van der Waals surface area (Å²) in [7, 11) is 0.